The van der Waals surface area contributed by atoms with E-state index in [2.05, 4.69) is 46.8 Å². The molecule has 1 aromatic rings. The highest BCUT2D eigenvalue weighted by Crippen LogP contribution is 2.38. The summed E-state index contributed by atoms with van der Waals surface area (Å²) in [7, 11) is 0. The van der Waals surface area contributed by atoms with Crippen molar-refractivity contribution in [3.05, 3.63) is 57.2 Å². The monoisotopic (exact) mass is 380 g/mol. The smallest absolute Gasteiger partial charge is 0.234 e. The van der Waals surface area contributed by atoms with Gasteiger partial charge in [0.15, 0.2) is 0 Å². The first kappa shape index (κ1) is 21.9. The van der Waals surface area contributed by atoms with E-state index >= 15 is 0 Å². The fourth-order valence-electron chi connectivity index (χ4n) is 3.53. The lowest BCUT2D eigenvalue weighted by Crippen LogP contribution is -2.23. The largest absolute Gasteiger partial charge is 0.489 e. The summed E-state index contributed by atoms with van der Waals surface area (Å²) in [5.74, 6) is 0.160. The lowest BCUT2D eigenvalue weighted by Gasteiger charge is -2.23. The second-order valence-corrected chi connectivity index (χ2v) is 8.22. The number of aryl methyl sites for hydroxylation is 1. The van der Waals surface area contributed by atoms with Crippen molar-refractivity contribution in [1.29, 1.82) is 0 Å². The number of carbonyl (C=O) groups excluding carboxylic acids is 2. The second-order valence-electron chi connectivity index (χ2n) is 8.22. The van der Waals surface area contributed by atoms with Gasteiger partial charge in [-0.1, -0.05) is 31.1 Å². The molecule has 1 aromatic carbocycles. The first-order valence-corrected chi connectivity index (χ1v) is 10.00. The molecule has 0 aliphatic heterocycles. The number of hydrogen-bond acceptors (Lipinski definition) is 3. The van der Waals surface area contributed by atoms with E-state index in [4.69, 9.17) is 4.74 Å². The summed E-state index contributed by atoms with van der Waals surface area (Å²) in [5.41, 5.74) is 6.29. The Morgan fingerprint density at radius 1 is 1.07 bits per heavy atom. The van der Waals surface area contributed by atoms with E-state index in [9.17, 15) is 9.59 Å². The summed E-state index contributed by atoms with van der Waals surface area (Å²) in [6.45, 7) is 14.6. The molecular weight excluding hydrogens is 348 g/mol. The normalized spacial score (nSPS) is 14.1. The van der Waals surface area contributed by atoms with Crippen molar-refractivity contribution >= 4 is 17.6 Å². The maximum atomic E-state index is 12.5. The van der Waals surface area contributed by atoms with Gasteiger partial charge in [0.25, 0.3) is 0 Å². The van der Waals surface area contributed by atoms with Gasteiger partial charge in [-0.2, -0.15) is 0 Å². The van der Waals surface area contributed by atoms with Crippen LogP contribution in [0.5, 0.6) is 5.75 Å². The number of allylic oxidation sites excluding steroid dienone is 4. The van der Waals surface area contributed by atoms with Crippen LogP contribution < -0.4 is 4.74 Å². The molecule has 3 nitrogen and oxygen atoms in total. The summed E-state index contributed by atoms with van der Waals surface area (Å²) in [4.78, 5) is 24.7. The van der Waals surface area contributed by atoms with Crippen LogP contribution in [0.15, 0.2) is 34.9 Å². The molecule has 1 aliphatic rings. The SMILES string of the molecule is CC(C)=CCC/C(C)=C/COc1cc(C)c2c(c1C(C)C)C=C(C)C(=O)C2=O. The van der Waals surface area contributed by atoms with Crippen molar-refractivity contribution in [2.24, 2.45) is 0 Å². The predicted molar refractivity (Wildman–Crippen MR) is 116 cm³/mol. The summed E-state index contributed by atoms with van der Waals surface area (Å²) < 4.78 is 6.12. The lowest BCUT2D eigenvalue weighted by atomic mass is 9.82. The Labute approximate surface area is 169 Å². The Balaban J connectivity index is 2.31. The Kier molecular flexibility index (Phi) is 7.17. The molecule has 0 spiro atoms. The second kappa shape index (κ2) is 9.18. The molecule has 3 heteroatoms. The number of rotatable bonds is 7. The van der Waals surface area contributed by atoms with Gasteiger partial charge in [0.1, 0.15) is 12.4 Å². The number of ether oxygens (including phenoxy) is 1. The third-order valence-corrected chi connectivity index (χ3v) is 5.06. The summed E-state index contributed by atoms with van der Waals surface area (Å²) in [6, 6.07) is 1.90. The standard InChI is InChI=1S/C25H32O3/c1-15(2)9-8-10-17(5)11-12-28-21-14-18(6)23-20(22(21)16(3)4)13-19(7)24(26)25(23)27/h9,11,13-14,16H,8,10,12H2,1-7H3/b17-11+. The van der Waals surface area contributed by atoms with Crippen molar-refractivity contribution in [2.75, 3.05) is 6.61 Å². The number of ketones is 2. The zero-order valence-electron chi connectivity index (χ0n) is 18.2. The molecule has 0 heterocycles. The highest BCUT2D eigenvalue weighted by atomic mass is 16.5. The van der Waals surface area contributed by atoms with Gasteiger partial charge in [-0.15, -0.1) is 0 Å². The first-order valence-electron chi connectivity index (χ1n) is 10.00. The van der Waals surface area contributed by atoms with Crippen LogP contribution in [0.2, 0.25) is 0 Å². The molecule has 1 aliphatic carbocycles. The van der Waals surface area contributed by atoms with Crippen molar-refractivity contribution < 1.29 is 14.3 Å². The highest BCUT2D eigenvalue weighted by Gasteiger charge is 2.30. The third-order valence-electron chi connectivity index (χ3n) is 5.06. The number of carbonyl (C=O) groups is 2. The molecule has 0 fully saturated rings. The number of benzene rings is 1. The van der Waals surface area contributed by atoms with Gasteiger partial charge in [0, 0.05) is 16.7 Å². The van der Waals surface area contributed by atoms with Gasteiger partial charge in [0.2, 0.25) is 11.6 Å². The van der Waals surface area contributed by atoms with E-state index in [0.717, 1.165) is 35.3 Å². The van der Waals surface area contributed by atoms with Gasteiger partial charge in [0.05, 0.1) is 0 Å². The van der Waals surface area contributed by atoms with Crippen LogP contribution in [0.25, 0.3) is 6.08 Å². The van der Waals surface area contributed by atoms with Gasteiger partial charge >= 0.3 is 0 Å². The molecule has 0 N–H and O–H groups in total. The lowest BCUT2D eigenvalue weighted by molar-refractivity contribution is -0.111. The zero-order valence-corrected chi connectivity index (χ0v) is 18.2. The average Bonchev–Trinajstić information content (AvgIpc) is 2.58. The fraction of sp³-hybridized carbons (Fsp3) is 0.440. The first-order chi connectivity index (χ1) is 13.1. The van der Waals surface area contributed by atoms with Gasteiger partial charge in [-0.25, -0.2) is 0 Å². The van der Waals surface area contributed by atoms with Crippen molar-refractivity contribution in [3.63, 3.8) is 0 Å². The van der Waals surface area contributed by atoms with E-state index in [0.29, 0.717) is 17.7 Å². The van der Waals surface area contributed by atoms with Gasteiger partial charge < -0.3 is 4.74 Å². The highest BCUT2D eigenvalue weighted by molar-refractivity contribution is 6.52. The average molecular weight is 381 g/mol. The van der Waals surface area contributed by atoms with E-state index in [-0.39, 0.29) is 5.92 Å². The zero-order chi connectivity index (χ0) is 21.0. The molecule has 28 heavy (non-hydrogen) atoms. The molecule has 0 amide bonds. The van der Waals surface area contributed by atoms with Crippen LogP contribution in [0.1, 0.15) is 87.4 Å². The number of fused-ring (bicyclic) bond motifs is 1. The van der Waals surface area contributed by atoms with Crippen LogP contribution in [-0.2, 0) is 4.79 Å². The van der Waals surface area contributed by atoms with E-state index in [1.807, 2.05) is 19.1 Å². The summed E-state index contributed by atoms with van der Waals surface area (Å²) in [5, 5.41) is 0. The Morgan fingerprint density at radius 2 is 1.75 bits per heavy atom. The van der Waals surface area contributed by atoms with E-state index in [1.165, 1.54) is 11.1 Å². The van der Waals surface area contributed by atoms with Crippen molar-refractivity contribution in [2.45, 2.75) is 67.2 Å². The fourth-order valence-corrected chi connectivity index (χ4v) is 3.53. The van der Waals surface area contributed by atoms with Crippen LogP contribution in [0, 0.1) is 6.92 Å². The molecule has 0 bridgehead atoms. The van der Waals surface area contributed by atoms with Gasteiger partial charge in [-0.05, 0) is 82.7 Å². The minimum Gasteiger partial charge on any atom is -0.489 e. The number of Topliss-reactive ketones (excluding diaryl/α,β-unsaturated/α-hetero) is 2. The van der Waals surface area contributed by atoms with Gasteiger partial charge in [-0.3, -0.25) is 9.59 Å². The van der Waals surface area contributed by atoms with E-state index in [1.54, 1.807) is 6.92 Å². The van der Waals surface area contributed by atoms with Crippen molar-refractivity contribution in [3.8, 4) is 5.75 Å². The van der Waals surface area contributed by atoms with Crippen LogP contribution in [-0.4, -0.2) is 18.2 Å². The maximum Gasteiger partial charge on any atom is 0.234 e. The van der Waals surface area contributed by atoms with Crippen LogP contribution in [0.3, 0.4) is 0 Å². The third kappa shape index (κ3) is 4.89. The summed E-state index contributed by atoms with van der Waals surface area (Å²) >= 11 is 0. The molecule has 0 aromatic heterocycles. The molecule has 0 radical (unpaired) electrons. The predicted octanol–water partition coefficient (Wildman–Crippen LogP) is 6.36. The number of hydrogen-bond donors (Lipinski definition) is 0. The Bertz CT molecular complexity index is 876. The van der Waals surface area contributed by atoms with Crippen LogP contribution >= 0.6 is 0 Å². The van der Waals surface area contributed by atoms with Crippen LogP contribution in [0.4, 0.5) is 0 Å². The summed E-state index contributed by atoms with van der Waals surface area (Å²) in [6.07, 6.45) is 8.27. The minimum atomic E-state index is -0.408. The molecule has 2 rings (SSSR count). The topological polar surface area (TPSA) is 43.4 Å². The minimum absolute atomic E-state index is 0.178. The molecule has 0 atom stereocenters. The van der Waals surface area contributed by atoms with Crippen molar-refractivity contribution in [1.82, 2.24) is 0 Å². The van der Waals surface area contributed by atoms with E-state index < -0.39 is 11.6 Å². The molecule has 0 saturated heterocycles. The maximum absolute atomic E-state index is 12.5. The molecular formula is C25H32O3. The Hall–Kier alpha value is -2.42. The quantitative estimate of drug-likeness (QED) is 0.408. The molecule has 150 valence electrons. The molecule has 0 saturated carbocycles. The molecule has 0 unspecified atom stereocenters. The Morgan fingerprint density at radius 3 is 2.36 bits per heavy atom.